The second kappa shape index (κ2) is 12.7. The number of ether oxygens (including phenoxy) is 1. The fourth-order valence-electron chi connectivity index (χ4n) is 4.82. The van der Waals surface area contributed by atoms with Crippen molar-refractivity contribution in [2.24, 2.45) is 0 Å². The first-order valence-electron chi connectivity index (χ1n) is 12.9. The third-order valence-electron chi connectivity index (χ3n) is 6.88. The van der Waals surface area contributed by atoms with E-state index in [9.17, 15) is 28.0 Å². The maximum Gasteiger partial charge on any atom is 0.405 e. The Hall–Kier alpha value is -3.60. The van der Waals surface area contributed by atoms with E-state index in [2.05, 4.69) is 27.0 Å². The number of alkyl halides is 3. The summed E-state index contributed by atoms with van der Waals surface area (Å²) in [7, 11) is 1.72. The SMILES string of the molecule is CCn1c(=O)/c(=C/Nc2ccc3c(ccn3C3CCN(CCOC)CC3)c2)s/c1=C(\C#N)C(=O)NCC(F)(F)F. The van der Waals surface area contributed by atoms with Gasteiger partial charge in [0.05, 0.1) is 6.61 Å². The molecule has 0 radical (unpaired) electrons. The van der Waals surface area contributed by atoms with Crippen molar-refractivity contribution in [3.05, 3.63) is 50.0 Å². The number of benzene rings is 1. The number of halogens is 3. The second-order valence-electron chi connectivity index (χ2n) is 9.46. The van der Waals surface area contributed by atoms with Gasteiger partial charge in [-0.25, -0.2) is 0 Å². The van der Waals surface area contributed by atoms with Crippen LogP contribution in [-0.2, 0) is 16.1 Å². The topological polar surface area (TPSA) is 104 Å². The quantitative estimate of drug-likeness (QED) is 0.406. The van der Waals surface area contributed by atoms with Gasteiger partial charge in [-0.1, -0.05) is 0 Å². The molecule has 9 nitrogen and oxygen atoms in total. The third-order valence-corrected chi connectivity index (χ3v) is 8.01. The Morgan fingerprint density at radius 1 is 1.27 bits per heavy atom. The number of thiazole rings is 1. The summed E-state index contributed by atoms with van der Waals surface area (Å²) in [5.74, 6) is -1.18. The lowest BCUT2D eigenvalue weighted by Crippen LogP contribution is -2.37. The molecule has 40 heavy (non-hydrogen) atoms. The molecule has 1 amide bonds. The van der Waals surface area contributed by atoms with E-state index in [1.54, 1.807) is 25.4 Å². The molecule has 0 bridgehead atoms. The van der Waals surface area contributed by atoms with E-state index >= 15 is 0 Å². The lowest BCUT2D eigenvalue weighted by atomic mass is 10.0. The van der Waals surface area contributed by atoms with Crippen molar-refractivity contribution in [1.29, 1.82) is 5.26 Å². The summed E-state index contributed by atoms with van der Waals surface area (Å²) < 4.78 is 46.5. The Morgan fingerprint density at radius 3 is 2.67 bits per heavy atom. The third kappa shape index (κ3) is 6.75. The lowest BCUT2D eigenvalue weighted by molar-refractivity contribution is -0.135. The monoisotopic (exact) mass is 576 g/mol. The Labute approximate surface area is 232 Å². The molecular weight excluding hydrogens is 545 g/mol. The highest BCUT2D eigenvalue weighted by Gasteiger charge is 2.29. The van der Waals surface area contributed by atoms with Crippen LogP contribution in [0.3, 0.4) is 0 Å². The van der Waals surface area contributed by atoms with E-state index in [-0.39, 0.29) is 15.7 Å². The number of aromatic nitrogens is 2. The molecule has 1 saturated heterocycles. The molecule has 2 aromatic heterocycles. The van der Waals surface area contributed by atoms with Crippen molar-refractivity contribution in [2.45, 2.75) is 38.5 Å². The molecule has 0 aliphatic carbocycles. The molecule has 214 valence electrons. The van der Waals surface area contributed by atoms with Crippen LogP contribution in [0.1, 0.15) is 25.8 Å². The van der Waals surface area contributed by atoms with Gasteiger partial charge in [-0.15, -0.1) is 11.3 Å². The van der Waals surface area contributed by atoms with Gasteiger partial charge in [-0.05, 0) is 44.0 Å². The number of rotatable bonds is 9. The van der Waals surface area contributed by atoms with E-state index in [4.69, 9.17) is 4.74 Å². The minimum absolute atomic E-state index is 0.00326. The summed E-state index contributed by atoms with van der Waals surface area (Å²) in [5, 5.41) is 15.3. The zero-order chi connectivity index (χ0) is 28.9. The molecule has 0 unspecified atom stereocenters. The van der Waals surface area contributed by atoms with Crippen molar-refractivity contribution < 1.29 is 22.7 Å². The zero-order valence-electron chi connectivity index (χ0n) is 22.3. The molecule has 2 N–H and O–H groups in total. The van der Waals surface area contributed by atoms with Crippen LogP contribution in [0.15, 0.2) is 35.3 Å². The van der Waals surface area contributed by atoms with Crippen molar-refractivity contribution in [3.8, 4) is 6.07 Å². The highest BCUT2D eigenvalue weighted by atomic mass is 32.1. The summed E-state index contributed by atoms with van der Waals surface area (Å²) in [6.45, 7) is 3.94. The lowest BCUT2D eigenvalue weighted by Gasteiger charge is -2.33. The number of hydrogen-bond acceptors (Lipinski definition) is 7. The van der Waals surface area contributed by atoms with Gasteiger partial charge >= 0.3 is 6.18 Å². The van der Waals surface area contributed by atoms with Gasteiger partial charge in [0.15, 0.2) is 5.57 Å². The summed E-state index contributed by atoms with van der Waals surface area (Å²) in [5.41, 5.74) is 0.866. The van der Waals surface area contributed by atoms with Crippen molar-refractivity contribution in [2.75, 3.05) is 45.2 Å². The van der Waals surface area contributed by atoms with Crippen LogP contribution >= 0.6 is 11.3 Å². The smallest absolute Gasteiger partial charge is 0.383 e. The van der Waals surface area contributed by atoms with Crippen LogP contribution in [0.5, 0.6) is 0 Å². The summed E-state index contributed by atoms with van der Waals surface area (Å²) in [6.07, 6.45) is 1.08. The number of carbonyl (C=O) groups is 1. The Morgan fingerprint density at radius 2 is 2.02 bits per heavy atom. The van der Waals surface area contributed by atoms with Crippen LogP contribution < -0.4 is 25.4 Å². The summed E-state index contributed by atoms with van der Waals surface area (Å²) in [4.78, 5) is 27.6. The summed E-state index contributed by atoms with van der Waals surface area (Å²) in [6, 6.07) is 10.0. The van der Waals surface area contributed by atoms with Crippen molar-refractivity contribution in [1.82, 2.24) is 19.4 Å². The van der Waals surface area contributed by atoms with Gasteiger partial charge < -0.3 is 24.8 Å². The predicted molar refractivity (Wildman–Crippen MR) is 148 cm³/mol. The van der Waals surface area contributed by atoms with Crippen molar-refractivity contribution in [3.63, 3.8) is 0 Å². The molecule has 3 aromatic rings. The first-order chi connectivity index (χ1) is 19.1. The molecule has 0 spiro atoms. The van der Waals surface area contributed by atoms with Crippen molar-refractivity contribution >= 4 is 45.6 Å². The molecule has 4 rings (SSSR count). The highest BCUT2D eigenvalue weighted by Crippen LogP contribution is 2.29. The number of nitrogens with zero attached hydrogens (tertiary/aromatic N) is 4. The van der Waals surface area contributed by atoms with Gasteiger partial charge in [0.25, 0.3) is 11.5 Å². The largest absolute Gasteiger partial charge is 0.405 e. The zero-order valence-corrected chi connectivity index (χ0v) is 23.1. The van der Waals surface area contributed by atoms with Crippen LogP contribution in [-0.4, -0.2) is 66.0 Å². The molecule has 1 aliphatic heterocycles. The average molecular weight is 577 g/mol. The standard InChI is InChI=1S/C27H31F3N6O3S/c1-3-35-25(38)23(40-26(35)21(15-31)24(37)33-17-27(28,29)30)16-32-19-4-5-22-18(14-19)6-11-36(22)20-7-9-34(10-8-20)12-13-39-2/h4-6,11,14,16,20,32H,3,7-10,12-13,17H2,1-2H3,(H,33,37)/b23-16-,26-21+. The molecule has 0 saturated carbocycles. The number of piperidine rings is 1. The van der Waals surface area contributed by atoms with Gasteiger partial charge in [-0.3, -0.25) is 14.2 Å². The van der Waals surface area contributed by atoms with Crippen LogP contribution in [0.2, 0.25) is 0 Å². The van der Waals surface area contributed by atoms with Gasteiger partial charge in [0, 0.05) is 68.3 Å². The normalized spacial score (nSPS) is 16.2. The molecule has 0 atom stereocenters. The fraction of sp³-hybridized carbons (Fsp3) is 0.444. The highest BCUT2D eigenvalue weighted by molar-refractivity contribution is 7.07. The average Bonchev–Trinajstić information content (AvgIpc) is 3.50. The van der Waals surface area contributed by atoms with Crippen LogP contribution in [0.25, 0.3) is 22.7 Å². The Balaban J connectivity index is 1.55. The number of nitrogens with one attached hydrogen (secondary N) is 2. The van der Waals surface area contributed by atoms with E-state index < -0.39 is 29.8 Å². The molecule has 1 fully saturated rings. The van der Waals surface area contributed by atoms with Crippen LogP contribution in [0.4, 0.5) is 18.9 Å². The first kappa shape index (κ1) is 29.4. The minimum atomic E-state index is -4.62. The number of hydrogen-bond donors (Lipinski definition) is 2. The molecule has 3 heterocycles. The van der Waals surface area contributed by atoms with E-state index in [0.29, 0.717) is 6.04 Å². The molecule has 1 aliphatic rings. The Bertz CT molecular complexity index is 1580. The molecular formula is C27H31F3N6O3S. The van der Waals surface area contributed by atoms with Gasteiger partial charge in [0.1, 0.15) is 21.8 Å². The maximum atomic E-state index is 12.9. The number of amides is 1. The predicted octanol–water partition coefficient (Wildman–Crippen LogP) is 2.37. The minimum Gasteiger partial charge on any atom is -0.383 e. The number of fused-ring (bicyclic) bond motifs is 1. The fourth-order valence-corrected chi connectivity index (χ4v) is 5.91. The first-order valence-corrected chi connectivity index (χ1v) is 13.7. The van der Waals surface area contributed by atoms with Gasteiger partial charge in [-0.2, -0.15) is 18.4 Å². The Kier molecular flexibility index (Phi) is 9.34. The summed E-state index contributed by atoms with van der Waals surface area (Å²) >= 11 is 0.871. The number of carbonyl (C=O) groups excluding carboxylic acids is 1. The number of nitriles is 1. The van der Waals surface area contributed by atoms with E-state index in [0.717, 1.165) is 67.0 Å². The van der Waals surface area contributed by atoms with E-state index in [1.165, 1.54) is 10.8 Å². The molecule has 1 aromatic carbocycles. The number of anilines is 1. The second-order valence-corrected chi connectivity index (χ2v) is 10.5. The van der Waals surface area contributed by atoms with Crippen LogP contribution in [0, 0.1) is 11.3 Å². The number of likely N-dealkylation sites (tertiary alicyclic amines) is 1. The number of methoxy groups -OCH3 is 1. The molecule has 13 heteroatoms. The maximum absolute atomic E-state index is 12.9. The van der Waals surface area contributed by atoms with Gasteiger partial charge in [0.2, 0.25) is 0 Å². The van der Waals surface area contributed by atoms with E-state index in [1.807, 2.05) is 18.2 Å².